The van der Waals surface area contributed by atoms with Gasteiger partial charge in [-0.2, -0.15) is 0 Å². The van der Waals surface area contributed by atoms with Gasteiger partial charge in [0, 0.05) is 37.3 Å². The second-order valence-electron chi connectivity index (χ2n) is 7.27. The second kappa shape index (κ2) is 6.59. The van der Waals surface area contributed by atoms with Gasteiger partial charge in [-0.25, -0.2) is 20.2 Å². The fraction of sp³-hybridized carbons (Fsp3) is 0.647. The zero-order chi connectivity index (χ0) is 17.4. The molecule has 2 amide bonds. The summed E-state index contributed by atoms with van der Waals surface area (Å²) in [6.45, 7) is 1.38. The number of carbonyl (C=O) groups excluding carboxylic acids is 2. The van der Waals surface area contributed by atoms with E-state index in [4.69, 9.17) is 9.94 Å². The SMILES string of the molecule is O=C(NO)c1cnc(CCC2C[C@@H]3C2CN3C(=O)OCC2CC2)nc1. The van der Waals surface area contributed by atoms with Crippen LogP contribution >= 0.6 is 0 Å². The number of amides is 2. The molecule has 1 aromatic heterocycles. The summed E-state index contributed by atoms with van der Waals surface area (Å²) in [5.41, 5.74) is 1.79. The van der Waals surface area contributed by atoms with E-state index in [2.05, 4.69) is 9.97 Å². The number of ether oxygens (including phenoxy) is 1. The van der Waals surface area contributed by atoms with Crippen LogP contribution in [-0.2, 0) is 11.2 Å². The molecule has 3 atom stereocenters. The van der Waals surface area contributed by atoms with Crippen LogP contribution in [0, 0.1) is 17.8 Å². The number of aromatic nitrogens is 2. The highest BCUT2D eigenvalue weighted by atomic mass is 16.6. The number of nitrogens with zero attached hydrogens (tertiary/aromatic N) is 3. The van der Waals surface area contributed by atoms with Crippen LogP contribution in [0.3, 0.4) is 0 Å². The van der Waals surface area contributed by atoms with E-state index >= 15 is 0 Å². The lowest BCUT2D eigenvalue weighted by molar-refractivity contribution is -0.0974. The number of hydroxylamine groups is 1. The lowest BCUT2D eigenvalue weighted by Crippen LogP contribution is -2.68. The van der Waals surface area contributed by atoms with Crippen LogP contribution in [0.15, 0.2) is 12.4 Å². The Morgan fingerprint density at radius 1 is 1.32 bits per heavy atom. The van der Waals surface area contributed by atoms with Crippen molar-refractivity contribution in [3.8, 4) is 0 Å². The average Bonchev–Trinajstić information content (AvgIpc) is 3.44. The molecule has 3 aliphatic rings. The van der Waals surface area contributed by atoms with Crippen molar-refractivity contribution in [2.75, 3.05) is 13.2 Å². The summed E-state index contributed by atoms with van der Waals surface area (Å²) in [6, 6.07) is 0.355. The molecule has 8 nitrogen and oxygen atoms in total. The lowest BCUT2D eigenvalue weighted by atomic mass is 9.61. The molecule has 4 rings (SSSR count). The van der Waals surface area contributed by atoms with Gasteiger partial charge in [0.25, 0.3) is 5.91 Å². The Kier molecular flexibility index (Phi) is 4.29. The number of piperidine rings is 1. The summed E-state index contributed by atoms with van der Waals surface area (Å²) in [4.78, 5) is 33.4. The number of fused-ring (bicyclic) bond motifs is 1. The zero-order valence-electron chi connectivity index (χ0n) is 13.9. The molecule has 2 aliphatic carbocycles. The van der Waals surface area contributed by atoms with E-state index in [-0.39, 0.29) is 11.7 Å². The van der Waals surface area contributed by atoms with Crippen LogP contribution in [0.25, 0.3) is 0 Å². The van der Waals surface area contributed by atoms with Crippen molar-refractivity contribution in [2.24, 2.45) is 17.8 Å². The maximum atomic E-state index is 12.0. The third-order valence-electron chi connectivity index (χ3n) is 5.63. The molecule has 2 unspecified atom stereocenters. The maximum absolute atomic E-state index is 12.0. The first-order valence-corrected chi connectivity index (χ1v) is 8.84. The Morgan fingerprint density at radius 2 is 2.08 bits per heavy atom. The average molecular weight is 346 g/mol. The molecular weight excluding hydrogens is 324 g/mol. The molecule has 134 valence electrons. The van der Waals surface area contributed by atoms with Crippen molar-refractivity contribution in [2.45, 2.75) is 38.1 Å². The summed E-state index contributed by atoms with van der Waals surface area (Å²) in [7, 11) is 0. The largest absolute Gasteiger partial charge is 0.449 e. The van der Waals surface area contributed by atoms with E-state index in [0.717, 1.165) is 25.8 Å². The number of hydrogen-bond acceptors (Lipinski definition) is 6. The van der Waals surface area contributed by atoms with Gasteiger partial charge in [-0.1, -0.05) is 0 Å². The fourth-order valence-electron chi connectivity index (χ4n) is 3.71. The molecule has 2 saturated carbocycles. The van der Waals surface area contributed by atoms with Gasteiger partial charge in [0.05, 0.1) is 12.2 Å². The minimum atomic E-state index is -0.614. The summed E-state index contributed by atoms with van der Waals surface area (Å²) in [5, 5.41) is 8.57. The zero-order valence-corrected chi connectivity index (χ0v) is 13.9. The van der Waals surface area contributed by atoms with Gasteiger partial charge in [-0.3, -0.25) is 10.0 Å². The lowest BCUT2D eigenvalue weighted by Gasteiger charge is -2.59. The second-order valence-corrected chi connectivity index (χ2v) is 7.27. The fourth-order valence-corrected chi connectivity index (χ4v) is 3.71. The summed E-state index contributed by atoms with van der Waals surface area (Å²) in [6.07, 6.45) is 7.82. The molecule has 1 aliphatic heterocycles. The van der Waals surface area contributed by atoms with Crippen molar-refractivity contribution >= 4 is 12.0 Å². The predicted octanol–water partition coefficient (Wildman–Crippen LogP) is 1.40. The van der Waals surface area contributed by atoms with Gasteiger partial charge < -0.3 is 9.64 Å². The molecule has 25 heavy (non-hydrogen) atoms. The van der Waals surface area contributed by atoms with Gasteiger partial charge in [-0.05, 0) is 37.5 Å². The molecule has 0 bridgehead atoms. The Labute approximate surface area is 145 Å². The number of nitrogens with one attached hydrogen (secondary N) is 1. The minimum absolute atomic E-state index is 0.146. The third-order valence-corrected chi connectivity index (χ3v) is 5.63. The van der Waals surface area contributed by atoms with Crippen molar-refractivity contribution in [3.05, 3.63) is 23.8 Å². The van der Waals surface area contributed by atoms with E-state index in [1.54, 1.807) is 5.48 Å². The standard InChI is InChI=1S/C17H22N4O4/c22-16(20-24)12-6-18-15(19-7-12)4-3-11-5-14-13(11)8-21(14)17(23)25-9-10-1-2-10/h6-7,10-11,13-14,24H,1-5,8-9H2,(H,20,22)/t11?,13?,14-/m1/s1. The number of likely N-dealkylation sites (tertiary alicyclic amines) is 1. The van der Waals surface area contributed by atoms with Gasteiger partial charge >= 0.3 is 6.09 Å². The first-order chi connectivity index (χ1) is 12.2. The van der Waals surface area contributed by atoms with Gasteiger partial charge in [-0.15, -0.1) is 0 Å². The first kappa shape index (κ1) is 16.3. The predicted molar refractivity (Wildman–Crippen MR) is 85.8 cm³/mol. The van der Waals surface area contributed by atoms with Crippen LogP contribution in [0.5, 0.6) is 0 Å². The number of carbonyl (C=O) groups is 2. The Balaban J connectivity index is 1.19. The number of aryl methyl sites for hydroxylation is 1. The highest BCUT2D eigenvalue weighted by Crippen LogP contribution is 2.48. The smallest absolute Gasteiger partial charge is 0.410 e. The van der Waals surface area contributed by atoms with Crippen LogP contribution in [-0.4, -0.2) is 51.3 Å². The van der Waals surface area contributed by atoms with Crippen molar-refractivity contribution < 1.29 is 19.5 Å². The van der Waals surface area contributed by atoms with E-state index in [9.17, 15) is 9.59 Å². The van der Waals surface area contributed by atoms with E-state index in [1.165, 1.54) is 25.2 Å². The molecule has 0 aromatic carbocycles. The van der Waals surface area contributed by atoms with Gasteiger partial charge in [0.1, 0.15) is 5.82 Å². The molecule has 2 heterocycles. The summed E-state index contributed by atoms with van der Waals surface area (Å²) in [5.74, 6) is 1.86. The molecule has 0 spiro atoms. The van der Waals surface area contributed by atoms with Crippen LogP contribution in [0.1, 0.15) is 41.9 Å². The highest BCUT2D eigenvalue weighted by molar-refractivity contribution is 5.92. The van der Waals surface area contributed by atoms with Crippen LogP contribution < -0.4 is 5.48 Å². The van der Waals surface area contributed by atoms with Gasteiger partial charge in [0.2, 0.25) is 0 Å². The molecule has 0 radical (unpaired) electrons. The van der Waals surface area contributed by atoms with E-state index < -0.39 is 5.91 Å². The topological polar surface area (TPSA) is 105 Å². The normalized spacial score (nSPS) is 26.9. The van der Waals surface area contributed by atoms with Crippen LogP contribution in [0.2, 0.25) is 0 Å². The quantitative estimate of drug-likeness (QED) is 0.596. The molecule has 1 aromatic rings. The highest BCUT2D eigenvalue weighted by Gasteiger charge is 2.54. The summed E-state index contributed by atoms with van der Waals surface area (Å²) < 4.78 is 5.34. The van der Waals surface area contributed by atoms with E-state index in [0.29, 0.717) is 36.2 Å². The van der Waals surface area contributed by atoms with Crippen molar-refractivity contribution in [1.29, 1.82) is 0 Å². The minimum Gasteiger partial charge on any atom is -0.449 e. The molecule has 8 heteroatoms. The molecule has 2 N–H and O–H groups in total. The third kappa shape index (κ3) is 3.30. The monoisotopic (exact) mass is 346 g/mol. The maximum Gasteiger partial charge on any atom is 0.410 e. The molecule has 3 fully saturated rings. The van der Waals surface area contributed by atoms with Crippen LogP contribution in [0.4, 0.5) is 4.79 Å². The Hall–Kier alpha value is -2.22. The van der Waals surface area contributed by atoms with E-state index in [1.807, 2.05) is 4.90 Å². The van der Waals surface area contributed by atoms with Gasteiger partial charge in [0.15, 0.2) is 0 Å². The summed E-state index contributed by atoms with van der Waals surface area (Å²) >= 11 is 0. The van der Waals surface area contributed by atoms with Crippen molar-refractivity contribution in [3.63, 3.8) is 0 Å². The Bertz CT molecular complexity index is 661. The number of rotatable bonds is 6. The molecule has 1 saturated heterocycles. The first-order valence-electron chi connectivity index (χ1n) is 8.84. The number of hydrogen-bond donors (Lipinski definition) is 2. The Morgan fingerprint density at radius 3 is 2.68 bits per heavy atom. The van der Waals surface area contributed by atoms with Crippen molar-refractivity contribution in [1.82, 2.24) is 20.3 Å². The molecular formula is C17H22N4O4.